The molecule has 2 amide bonds. The zero-order valence-electron chi connectivity index (χ0n) is 7.76. The highest BCUT2D eigenvalue weighted by atomic mass is 32.1. The number of carboxylic acids is 1. The van der Waals surface area contributed by atoms with E-state index in [1.54, 1.807) is 0 Å². The van der Waals surface area contributed by atoms with Crippen LogP contribution in [-0.2, 0) is 14.3 Å². The summed E-state index contributed by atoms with van der Waals surface area (Å²) in [6.07, 6.45) is -1.00. The highest BCUT2D eigenvalue weighted by Gasteiger charge is 2.26. The minimum Gasteiger partial charge on any atom is -0.480 e. The minimum absolute atomic E-state index is 0.486. The van der Waals surface area contributed by atoms with Gasteiger partial charge in [-0.25, -0.2) is 9.69 Å². The summed E-state index contributed by atoms with van der Waals surface area (Å²) in [6.45, 7) is 0.708. The van der Waals surface area contributed by atoms with Crippen LogP contribution in [-0.4, -0.2) is 46.9 Å². The quantitative estimate of drug-likeness (QED) is 0.654. The number of methoxy groups -OCH3 is 1. The fourth-order valence-electron chi connectivity index (χ4n) is 0.703. The maximum absolute atomic E-state index is 11.3. The molecule has 80 valence electrons. The van der Waals surface area contributed by atoms with Crippen LogP contribution in [0.3, 0.4) is 0 Å². The summed E-state index contributed by atoms with van der Waals surface area (Å²) < 4.78 is 4.25. The third-order valence-corrected chi connectivity index (χ3v) is 1.53. The van der Waals surface area contributed by atoms with E-state index >= 15 is 0 Å². The standard InChI is InChI=1S/C7H11NO5S/c1-4(14)6(11)8(3-5(9)10)7(12)13-2/h4,14H,3H2,1-2H3,(H,9,10). The second kappa shape index (κ2) is 5.48. The van der Waals surface area contributed by atoms with Crippen LogP contribution in [0.2, 0.25) is 0 Å². The van der Waals surface area contributed by atoms with Crippen molar-refractivity contribution in [2.75, 3.05) is 13.7 Å². The van der Waals surface area contributed by atoms with Gasteiger partial charge in [-0.05, 0) is 6.92 Å². The molecule has 0 saturated carbocycles. The van der Waals surface area contributed by atoms with Crippen LogP contribution in [0.1, 0.15) is 6.92 Å². The van der Waals surface area contributed by atoms with E-state index in [9.17, 15) is 14.4 Å². The molecule has 0 aromatic carbocycles. The number of nitrogens with zero attached hydrogens (tertiary/aromatic N) is 1. The van der Waals surface area contributed by atoms with Crippen molar-refractivity contribution in [3.05, 3.63) is 0 Å². The monoisotopic (exact) mass is 221 g/mol. The van der Waals surface area contributed by atoms with Gasteiger partial charge in [0.25, 0.3) is 0 Å². The lowest BCUT2D eigenvalue weighted by Crippen LogP contribution is -2.43. The van der Waals surface area contributed by atoms with Crippen LogP contribution in [0.5, 0.6) is 0 Å². The number of carbonyl (C=O) groups is 3. The lowest BCUT2D eigenvalue weighted by atomic mass is 10.4. The number of thiol groups is 1. The highest BCUT2D eigenvalue weighted by Crippen LogP contribution is 2.03. The number of hydrogen-bond donors (Lipinski definition) is 2. The molecule has 0 aromatic rings. The summed E-state index contributed by atoms with van der Waals surface area (Å²) >= 11 is 3.80. The first kappa shape index (κ1) is 12.8. The van der Waals surface area contributed by atoms with Crippen molar-refractivity contribution in [3.63, 3.8) is 0 Å². The Hall–Kier alpha value is -1.24. The van der Waals surface area contributed by atoms with Gasteiger partial charge in [0.15, 0.2) is 0 Å². The lowest BCUT2D eigenvalue weighted by molar-refractivity contribution is -0.142. The molecule has 1 atom stereocenters. The fraction of sp³-hybridized carbons (Fsp3) is 0.571. The Morgan fingerprint density at radius 2 is 2.00 bits per heavy atom. The Morgan fingerprint density at radius 3 is 2.29 bits per heavy atom. The highest BCUT2D eigenvalue weighted by molar-refractivity contribution is 7.81. The zero-order chi connectivity index (χ0) is 11.3. The molecule has 1 N–H and O–H groups in total. The average Bonchev–Trinajstić information content (AvgIpc) is 2.11. The number of amides is 2. The number of carboxylic acid groups (broad SMARTS) is 1. The van der Waals surface area contributed by atoms with E-state index in [1.165, 1.54) is 6.92 Å². The molecule has 0 aliphatic heterocycles. The molecule has 0 heterocycles. The van der Waals surface area contributed by atoms with Gasteiger partial charge in [0.2, 0.25) is 5.91 Å². The van der Waals surface area contributed by atoms with Gasteiger partial charge >= 0.3 is 12.1 Å². The lowest BCUT2D eigenvalue weighted by Gasteiger charge is -2.18. The van der Waals surface area contributed by atoms with Gasteiger partial charge in [-0.3, -0.25) is 9.59 Å². The van der Waals surface area contributed by atoms with E-state index in [4.69, 9.17) is 5.11 Å². The number of ether oxygens (including phenoxy) is 1. The van der Waals surface area contributed by atoms with Crippen molar-refractivity contribution in [2.24, 2.45) is 0 Å². The van der Waals surface area contributed by atoms with E-state index in [0.717, 1.165) is 7.11 Å². The van der Waals surface area contributed by atoms with Gasteiger partial charge in [-0.2, -0.15) is 12.6 Å². The predicted molar refractivity (Wildman–Crippen MR) is 50.2 cm³/mol. The molecule has 0 aliphatic carbocycles. The normalized spacial score (nSPS) is 11.6. The molecule has 0 radical (unpaired) electrons. The fourth-order valence-corrected chi connectivity index (χ4v) is 0.843. The van der Waals surface area contributed by atoms with Crippen molar-refractivity contribution < 1.29 is 24.2 Å². The van der Waals surface area contributed by atoms with Crippen LogP contribution in [0, 0.1) is 0 Å². The number of rotatable bonds is 3. The summed E-state index contributed by atoms with van der Waals surface area (Å²) in [4.78, 5) is 33.1. The molecular weight excluding hydrogens is 210 g/mol. The molecule has 0 aromatic heterocycles. The predicted octanol–water partition coefficient (Wildman–Crippen LogP) is -0.0157. The second-order valence-electron chi connectivity index (χ2n) is 2.46. The van der Waals surface area contributed by atoms with Crippen LogP contribution >= 0.6 is 12.6 Å². The summed E-state index contributed by atoms with van der Waals surface area (Å²) in [5.74, 6) is -2.00. The maximum Gasteiger partial charge on any atom is 0.416 e. The minimum atomic E-state index is -1.29. The second-order valence-corrected chi connectivity index (χ2v) is 3.24. The third-order valence-electron chi connectivity index (χ3n) is 1.31. The molecular formula is C7H11NO5S. The SMILES string of the molecule is COC(=O)N(CC(=O)O)C(=O)C(C)S. The number of aliphatic carboxylic acids is 1. The van der Waals surface area contributed by atoms with Gasteiger partial charge in [-0.15, -0.1) is 0 Å². The van der Waals surface area contributed by atoms with Gasteiger partial charge in [0.1, 0.15) is 6.54 Å². The van der Waals surface area contributed by atoms with Crippen molar-refractivity contribution in [3.8, 4) is 0 Å². The van der Waals surface area contributed by atoms with E-state index in [2.05, 4.69) is 17.4 Å². The van der Waals surface area contributed by atoms with Crippen molar-refractivity contribution >= 4 is 30.6 Å². The summed E-state index contributed by atoms with van der Waals surface area (Å²) in [5, 5.41) is 7.68. The number of carbonyl (C=O) groups excluding carboxylic acids is 2. The molecule has 0 rings (SSSR count). The molecule has 0 fully saturated rings. The molecule has 7 heteroatoms. The molecule has 0 spiro atoms. The zero-order valence-corrected chi connectivity index (χ0v) is 8.65. The Bertz CT molecular complexity index is 252. The number of imide groups is 1. The molecule has 14 heavy (non-hydrogen) atoms. The first-order chi connectivity index (χ1) is 6.40. The van der Waals surface area contributed by atoms with Crippen LogP contribution in [0.25, 0.3) is 0 Å². The van der Waals surface area contributed by atoms with Gasteiger partial charge in [0, 0.05) is 0 Å². The van der Waals surface area contributed by atoms with Crippen LogP contribution in [0.4, 0.5) is 4.79 Å². The van der Waals surface area contributed by atoms with E-state index in [1.807, 2.05) is 0 Å². The van der Waals surface area contributed by atoms with Crippen LogP contribution in [0.15, 0.2) is 0 Å². The topological polar surface area (TPSA) is 83.9 Å². The van der Waals surface area contributed by atoms with Crippen molar-refractivity contribution in [1.82, 2.24) is 4.90 Å². The number of hydrogen-bond acceptors (Lipinski definition) is 5. The van der Waals surface area contributed by atoms with Gasteiger partial charge in [-0.1, -0.05) is 0 Å². The molecule has 1 unspecified atom stereocenters. The average molecular weight is 221 g/mol. The first-order valence-electron chi connectivity index (χ1n) is 3.69. The molecule has 6 nitrogen and oxygen atoms in total. The van der Waals surface area contributed by atoms with E-state index in [0.29, 0.717) is 4.90 Å². The summed E-state index contributed by atoms with van der Waals surface area (Å²) in [7, 11) is 1.06. The largest absolute Gasteiger partial charge is 0.480 e. The Labute approximate surface area is 86.2 Å². The summed E-state index contributed by atoms with van der Waals surface area (Å²) in [5.41, 5.74) is 0. The molecule has 0 bridgehead atoms. The van der Waals surface area contributed by atoms with Crippen LogP contribution < -0.4 is 0 Å². The first-order valence-corrected chi connectivity index (χ1v) is 4.21. The smallest absolute Gasteiger partial charge is 0.416 e. The van der Waals surface area contributed by atoms with E-state index in [-0.39, 0.29) is 0 Å². The molecule has 0 aliphatic rings. The van der Waals surface area contributed by atoms with E-state index < -0.39 is 29.8 Å². The summed E-state index contributed by atoms with van der Waals surface area (Å²) in [6, 6.07) is 0. The Kier molecular flexibility index (Phi) is 5.00. The van der Waals surface area contributed by atoms with Crippen molar-refractivity contribution in [1.29, 1.82) is 0 Å². The third kappa shape index (κ3) is 3.65. The Balaban J connectivity index is 4.63. The van der Waals surface area contributed by atoms with Gasteiger partial charge in [0.05, 0.1) is 12.4 Å². The van der Waals surface area contributed by atoms with Gasteiger partial charge < -0.3 is 9.84 Å². The maximum atomic E-state index is 11.3. The Morgan fingerprint density at radius 1 is 1.50 bits per heavy atom. The molecule has 0 saturated heterocycles. The van der Waals surface area contributed by atoms with Crippen molar-refractivity contribution in [2.45, 2.75) is 12.2 Å².